The van der Waals surface area contributed by atoms with Crippen molar-refractivity contribution in [2.45, 2.75) is 0 Å². The molecule has 3 rings (SSSR count). The Kier molecular flexibility index (Phi) is 1.83. The van der Waals surface area contributed by atoms with Crippen LogP contribution in [0.25, 0.3) is 21.7 Å². The number of rotatable bonds is 0. The van der Waals surface area contributed by atoms with Crippen LogP contribution in [-0.2, 0) is 7.05 Å². The van der Waals surface area contributed by atoms with Crippen LogP contribution >= 0.6 is 0 Å². The molecule has 0 spiro atoms. The highest BCUT2D eigenvalue weighted by Gasteiger charge is 2.06. The third-order valence-electron chi connectivity index (χ3n) is 3.02. The number of aromatic nitrogens is 1. The van der Waals surface area contributed by atoms with Crippen molar-refractivity contribution in [1.29, 1.82) is 0 Å². The highest BCUT2D eigenvalue weighted by molar-refractivity contribution is 6.05. The van der Waals surface area contributed by atoms with Crippen LogP contribution in [-0.4, -0.2) is 4.57 Å². The summed E-state index contributed by atoms with van der Waals surface area (Å²) in [6, 6.07) is 15.7. The van der Waals surface area contributed by atoms with Crippen LogP contribution in [0.2, 0.25) is 0 Å². The number of hydrogen-bond acceptors (Lipinski definition) is 1. The third-order valence-corrected chi connectivity index (χ3v) is 3.02. The quantitative estimate of drug-likeness (QED) is 0.522. The summed E-state index contributed by atoms with van der Waals surface area (Å²) in [5.41, 5.74) is 1.04. The van der Waals surface area contributed by atoms with Crippen molar-refractivity contribution in [2.75, 3.05) is 0 Å². The predicted molar refractivity (Wildman–Crippen MR) is 66.7 cm³/mol. The van der Waals surface area contributed by atoms with Gasteiger partial charge < -0.3 is 4.57 Å². The number of hydrogen-bond donors (Lipinski definition) is 0. The zero-order valence-corrected chi connectivity index (χ0v) is 8.97. The van der Waals surface area contributed by atoms with Crippen molar-refractivity contribution in [3.8, 4) is 0 Å². The van der Waals surface area contributed by atoms with Gasteiger partial charge in [0.1, 0.15) is 0 Å². The Morgan fingerprint density at radius 2 is 1.38 bits per heavy atom. The molecule has 1 heterocycles. The second-order valence-electron chi connectivity index (χ2n) is 3.93. The maximum absolute atomic E-state index is 12.1. The van der Waals surface area contributed by atoms with Crippen LogP contribution in [0.1, 0.15) is 0 Å². The van der Waals surface area contributed by atoms with Crippen LogP contribution in [0.15, 0.2) is 53.3 Å². The highest BCUT2D eigenvalue weighted by atomic mass is 16.1. The van der Waals surface area contributed by atoms with Crippen molar-refractivity contribution >= 4 is 21.7 Å². The summed E-state index contributed by atoms with van der Waals surface area (Å²) in [5.74, 6) is 0. The number of aryl methyl sites for hydroxylation is 1. The minimum atomic E-state index is 0.0642. The van der Waals surface area contributed by atoms with E-state index in [9.17, 15) is 4.79 Å². The number of nitrogens with zero attached hydrogens (tertiary/aromatic N) is 1. The zero-order valence-electron chi connectivity index (χ0n) is 8.97. The standard InChI is InChI=1S/C14H11NO/c1-15-13-9-5-4-7-11(13)10-6-2-3-8-12(10)14(15)16/h2-9H,1H3. The molecule has 2 heteroatoms. The number of fused-ring (bicyclic) bond motifs is 3. The number of benzene rings is 2. The predicted octanol–water partition coefficient (Wildman–Crippen LogP) is 2.69. The molecule has 3 aromatic rings. The van der Waals surface area contributed by atoms with Gasteiger partial charge in [0.25, 0.3) is 5.56 Å². The van der Waals surface area contributed by atoms with Crippen molar-refractivity contribution < 1.29 is 0 Å². The van der Waals surface area contributed by atoms with Gasteiger partial charge in [-0.15, -0.1) is 0 Å². The van der Waals surface area contributed by atoms with E-state index < -0.39 is 0 Å². The fourth-order valence-corrected chi connectivity index (χ4v) is 2.19. The molecule has 0 saturated heterocycles. The minimum absolute atomic E-state index is 0.0642. The summed E-state index contributed by atoms with van der Waals surface area (Å²) in [4.78, 5) is 12.1. The average Bonchev–Trinajstić information content (AvgIpc) is 2.36. The van der Waals surface area contributed by atoms with Gasteiger partial charge in [0.05, 0.1) is 5.52 Å². The molecule has 0 aliphatic carbocycles. The van der Waals surface area contributed by atoms with Gasteiger partial charge in [-0.2, -0.15) is 0 Å². The summed E-state index contributed by atoms with van der Waals surface area (Å²) in [7, 11) is 1.82. The molecule has 0 amide bonds. The van der Waals surface area contributed by atoms with E-state index in [1.807, 2.05) is 49.5 Å². The van der Waals surface area contributed by atoms with Crippen molar-refractivity contribution in [3.05, 3.63) is 58.9 Å². The van der Waals surface area contributed by atoms with E-state index in [1.165, 1.54) is 0 Å². The maximum atomic E-state index is 12.1. The fourth-order valence-electron chi connectivity index (χ4n) is 2.19. The molecule has 16 heavy (non-hydrogen) atoms. The summed E-state index contributed by atoms with van der Waals surface area (Å²) < 4.78 is 1.71. The lowest BCUT2D eigenvalue weighted by molar-refractivity contribution is 0.918. The molecule has 0 N–H and O–H groups in total. The molecule has 0 aliphatic heterocycles. The smallest absolute Gasteiger partial charge is 0.258 e. The minimum Gasteiger partial charge on any atom is -0.311 e. The van der Waals surface area contributed by atoms with Crippen molar-refractivity contribution in [3.63, 3.8) is 0 Å². The van der Waals surface area contributed by atoms with E-state index in [0.29, 0.717) is 0 Å². The number of pyridine rings is 1. The van der Waals surface area contributed by atoms with Gasteiger partial charge in [-0.1, -0.05) is 36.4 Å². The lowest BCUT2D eigenvalue weighted by Gasteiger charge is -2.08. The van der Waals surface area contributed by atoms with Gasteiger partial charge in [0, 0.05) is 17.8 Å². The fraction of sp³-hybridized carbons (Fsp3) is 0.0714. The molecule has 0 bridgehead atoms. The molecular weight excluding hydrogens is 198 g/mol. The van der Waals surface area contributed by atoms with Crippen molar-refractivity contribution in [2.24, 2.45) is 7.05 Å². The van der Waals surface area contributed by atoms with E-state index in [4.69, 9.17) is 0 Å². The maximum Gasteiger partial charge on any atom is 0.258 e. The molecule has 0 unspecified atom stereocenters. The van der Waals surface area contributed by atoms with Crippen LogP contribution < -0.4 is 5.56 Å². The van der Waals surface area contributed by atoms with Gasteiger partial charge >= 0.3 is 0 Å². The monoisotopic (exact) mass is 209 g/mol. The van der Waals surface area contributed by atoms with Crippen LogP contribution in [0.4, 0.5) is 0 Å². The molecule has 2 nitrogen and oxygen atoms in total. The Bertz CT molecular complexity index is 740. The first-order valence-electron chi connectivity index (χ1n) is 5.25. The Morgan fingerprint density at radius 1 is 0.812 bits per heavy atom. The largest absolute Gasteiger partial charge is 0.311 e. The van der Waals surface area contributed by atoms with Crippen LogP contribution in [0.3, 0.4) is 0 Å². The Morgan fingerprint density at radius 3 is 2.12 bits per heavy atom. The van der Waals surface area contributed by atoms with E-state index >= 15 is 0 Å². The molecular formula is C14H11NO. The van der Waals surface area contributed by atoms with E-state index in [2.05, 4.69) is 6.07 Å². The summed E-state index contributed by atoms with van der Waals surface area (Å²) in [5, 5.41) is 2.94. The van der Waals surface area contributed by atoms with Gasteiger partial charge in [-0.25, -0.2) is 0 Å². The molecule has 78 valence electrons. The molecule has 0 saturated carbocycles. The first-order valence-corrected chi connectivity index (χ1v) is 5.25. The van der Waals surface area contributed by atoms with E-state index in [1.54, 1.807) is 4.57 Å². The van der Waals surface area contributed by atoms with Gasteiger partial charge in [0.2, 0.25) is 0 Å². The number of para-hydroxylation sites is 1. The molecule has 0 radical (unpaired) electrons. The van der Waals surface area contributed by atoms with Gasteiger partial charge in [0.15, 0.2) is 0 Å². The molecule has 2 aromatic carbocycles. The topological polar surface area (TPSA) is 22.0 Å². The van der Waals surface area contributed by atoms with E-state index in [-0.39, 0.29) is 5.56 Å². The third kappa shape index (κ3) is 1.10. The summed E-state index contributed by atoms with van der Waals surface area (Å²) in [6.07, 6.45) is 0. The SMILES string of the molecule is Cn1c(=O)c2ccccc2c2ccccc21. The second-order valence-corrected chi connectivity index (χ2v) is 3.93. The molecule has 0 aliphatic rings. The average molecular weight is 209 g/mol. The molecule has 1 aromatic heterocycles. The Balaban J connectivity index is 2.74. The Hall–Kier alpha value is -2.09. The normalized spacial score (nSPS) is 11.1. The van der Waals surface area contributed by atoms with Crippen LogP contribution in [0.5, 0.6) is 0 Å². The van der Waals surface area contributed by atoms with Crippen molar-refractivity contribution in [1.82, 2.24) is 4.57 Å². The first-order chi connectivity index (χ1) is 7.79. The van der Waals surface area contributed by atoms with Gasteiger partial charge in [-0.05, 0) is 17.5 Å². The summed E-state index contributed by atoms with van der Waals surface area (Å²) in [6.45, 7) is 0. The van der Waals surface area contributed by atoms with E-state index in [0.717, 1.165) is 21.7 Å². The van der Waals surface area contributed by atoms with Crippen LogP contribution in [0, 0.1) is 0 Å². The highest BCUT2D eigenvalue weighted by Crippen LogP contribution is 2.21. The first kappa shape index (κ1) is 9.16. The zero-order chi connectivity index (χ0) is 11.1. The molecule has 0 fully saturated rings. The Labute approximate surface area is 92.8 Å². The second kappa shape index (κ2) is 3.20. The lowest BCUT2D eigenvalue weighted by atomic mass is 10.1. The lowest BCUT2D eigenvalue weighted by Crippen LogP contribution is -2.17. The van der Waals surface area contributed by atoms with Gasteiger partial charge in [-0.3, -0.25) is 4.79 Å². The molecule has 0 atom stereocenters. The summed E-state index contributed by atoms with van der Waals surface area (Å²) >= 11 is 0.